The van der Waals surface area contributed by atoms with Crippen molar-refractivity contribution in [2.75, 3.05) is 18.1 Å². The van der Waals surface area contributed by atoms with E-state index in [-0.39, 0.29) is 12.5 Å². The molecule has 0 aliphatic carbocycles. The van der Waals surface area contributed by atoms with Gasteiger partial charge in [0.2, 0.25) is 5.95 Å². The number of hydrogen-bond acceptors (Lipinski definition) is 6. The lowest BCUT2D eigenvalue weighted by Gasteiger charge is -2.33. The van der Waals surface area contributed by atoms with E-state index in [1.165, 1.54) is 15.7 Å². The maximum Gasteiger partial charge on any atom is 0.333 e. The molecule has 1 atom stereocenters. The van der Waals surface area contributed by atoms with Gasteiger partial charge in [-0.05, 0) is 49.9 Å². The summed E-state index contributed by atoms with van der Waals surface area (Å²) in [6.07, 6.45) is 0. The molecule has 1 aromatic carbocycles. The number of ether oxygens (including phenoxy) is 1. The zero-order chi connectivity index (χ0) is 22.4. The molecule has 164 valence electrons. The molecular formula is C22H27N5O4. The van der Waals surface area contributed by atoms with Gasteiger partial charge >= 0.3 is 11.7 Å². The Bertz CT molecular complexity index is 1300. The van der Waals surface area contributed by atoms with Crippen molar-refractivity contribution in [2.45, 2.75) is 40.8 Å². The Morgan fingerprint density at radius 2 is 1.94 bits per heavy atom. The van der Waals surface area contributed by atoms with Gasteiger partial charge in [-0.3, -0.25) is 14.2 Å². The Morgan fingerprint density at radius 1 is 1.19 bits per heavy atom. The van der Waals surface area contributed by atoms with Crippen LogP contribution in [0.5, 0.6) is 0 Å². The summed E-state index contributed by atoms with van der Waals surface area (Å²) >= 11 is 0. The van der Waals surface area contributed by atoms with Gasteiger partial charge in [-0.1, -0.05) is 13.0 Å². The lowest BCUT2D eigenvalue weighted by molar-refractivity contribution is -0.143. The number of imidazole rings is 1. The number of carbonyl (C=O) groups excluding carboxylic acids is 1. The van der Waals surface area contributed by atoms with Gasteiger partial charge < -0.3 is 14.2 Å². The molecule has 9 nitrogen and oxygen atoms in total. The first-order valence-corrected chi connectivity index (χ1v) is 10.4. The summed E-state index contributed by atoms with van der Waals surface area (Å²) in [5.41, 5.74) is 2.87. The maximum absolute atomic E-state index is 13.3. The summed E-state index contributed by atoms with van der Waals surface area (Å²) in [5.74, 6) is 0.253. The second-order valence-corrected chi connectivity index (χ2v) is 8.22. The summed E-state index contributed by atoms with van der Waals surface area (Å²) in [5, 5.41) is 0. The van der Waals surface area contributed by atoms with Crippen molar-refractivity contribution in [3.05, 3.63) is 50.2 Å². The van der Waals surface area contributed by atoms with Gasteiger partial charge in [0.05, 0.1) is 6.61 Å². The molecule has 0 spiro atoms. The average molecular weight is 425 g/mol. The lowest BCUT2D eigenvalue weighted by atomic mass is 10.1. The molecule has 31 heavy (non-hydrogen) atoms. The molecule has 0 amide bonds. The van der Waals surface area contributed by atoms with Gasteiger partial charge in [-0.25, -0.2) is 9.36 Å². The molecule has 1 aliphatic rings. The molecule has 3 aromatic rings. The number of fused-ring (bicyclic) bond motifs is 3. The molecule has 0 bridgehead atoms. The molecule has 0 saturated carbocycles. The third-order valence-corrected chi connectivity index (χ3v) is 5.84. The zero-order valence-corrected chi connectivity index (χ0v) is 18.5. The first-order chi connectivity index (χ1) is 14.7. The monoisotopic (exact) mass is 425 g/mol. The minimum absolute atomic E-state index is 0.181. The fourth-order valence-corrected chi connectivity index (χ4v) is 4.09. The number of benzene rings is 1. The van der Waals surface area contributed by atoms with E-state index in [0.717, 1.165) is 16.8 Å². The molecule has 0 radical (unpaired) electrons. The van der Waals surface area contributed by atoms with Crippen molar-refractivity contribution in [1.29, 1.82) is 0 Å². The number of aromatic nitrogens is 4. The fraction of sp³-hybridized carbons (Fsp3) is 0.455. The third-order valence-electron chi connectivity index (χ3n) is 5.84. The van der Waals surface area contributed by atoms with Crippen molar-refractivity contribution in [3.8, 4) is 0 Å². The first-order valence-electron chi connectivity index (χ1n) is 10.4. The molecule has 0 saturated heterocycles. The van der Waals surface area contributed by atoms with Crippen LogP contribution in [0.15, 0.2) is 27.8 Å². The molecule has 0 N–H and O–H groups in total. The molecule has 1 aliphatic heterocycles. The van der Waals surface area contributed by atoms with E-state index < -0.39 is 23.8 Å². The van der Waals surface area contributed by atoms with E-state index in [9.17, 15) is 14.4 Å². The molecular weight excluding hydrogens is 398 g/mol. The van der Waals surface area contributed by atoms with Gasteiger partial charge in [0, 0.05) is 25.8 Å². The highest BCUT2D eigenvalue weighted by Crippen LogP contribution is 2.33. The number of nitrogens with zero attached hydrogens (tertiary/aromatic N) is 5. The van der Waals surface area contributed by atoms with Gasteiger partial charge in [0.15, 0.2) is 11.2 Å². The van der Waals surface area contributed by atoms with Crippen LogP contribution < -0.4 is 16.1 Å². The first kappa shape index (κ1) is 20.9. The number of rotatable bonds is 4. The Hall–Kier alpha value is -3.36. The average Bonchev–Trinajstić information content (AvgIpc) is 3.11. The molecule has 2 aromatic heterocycles. The highest BCUT2D eigenvalue weighted by molar-refractivity contribution is 5.78. The SMILES string of the molecule is CCOC(=O)Cn1c(=O)c2c(nc3n2C[C@@H](C)CN3c2ccc(C)c(C)c2)n(C)c1=O. The normalized spacial score (nSPS) is 15.9. The standard InChI is InChI=1S/C22H27N5O4/c1-6-31-17(28)12-27-20(29)18-19(24(5)22(27)30)23-21-25(10-13(2)11-26(18)21)16-8-7-14(3)15(4)9-16/h7-9,13H,6,10-12H2,1-5H3/t13-/m0/s1. The van der Waals surface area contributed by atoms with Crippen LogP contribution in [0.1, 0.15) is 25.0 Å². The van der Waals surface area contributed by atoms with E-state index in [2.05, 4.69) is 37.8 Å². The summed E-state index contributed by atoms with van der Waals surface area (Å²) < 4.78 is 9.05. The van der Waals surface area contributed by atoms with Gasteiger partial charge in [-0.2, -0.15) is 4.98 Å². The van der Waals surface area contributed by atoms with Crippen molar-refractivity contribution in [2.24, 2.45) is 13.0 Å². The Balaban J connectivity index is 1.94. The molecule has 0 fully saturated rings. The van der Waals surface area contributed by atoms with Gasteiger partial charge in [-0.15, -0.1) is 0 Å². The van der Waals surface area contributed by atoms with E-state index in [4.69, 9.17) is 9.72 Å². The maximum atomic E-state index is 13.3. The summed E-state index contributed by atoms with van der Waals surface area (Å²) in [6.45, 7) is 9.02. The predicted octanol–water partition coefficient (Wildman–Crippen LogP) is 1.86. The van der Waals surface area contributed by atoms with Crippen LogP contribution in [0.3, 0.4) is 0 Å². The minimum atomic E-state index is -0.621. The van der Waals surface area contributed by atoms with E-state index in [1.807, 2.05) is 10.6 Å². The highest BCUT2D eigenvalue weighted by Gasteiger charge is 2.30. The van der Waals surface area contributed by atoms with Crippen LogP contribution in [0.2, 0.25) is 0 Å². The predicted molar refractivity (Wildman–Crippen MR) is 118 cm³/mol. The lowest BCUT2D eigenvalue weighted by Crippen LogP contribution is -2.42. The number of carbonyl (C=O) groups is 1. The molecule has 0 unspecified atom stereocenters. The van der Waals surface area contributed by atoms with Crippen molar-refractivity contribution >= 4 is 28.8 Å². The van der Waals surface area contributed by atoms with E-state index in [1.54, 1.807) is 14.0 Å². The zero-order valence-electron chi connectivity index (χ0n) is 18.5. The Labute approximate surface area is 179 Å². The van der Waals surface area contributed by atoms with E-state index in [0.29, 0.717) is 23.7 Å². The van der Waals surface area contributed by atoms with Crippen molar-refractivity contribution in [1.82, 2.24) is 18.7 Å². The van der Waals surface area contributed by atoms with Crippen molar-refractivity contribution < 1.29 is 9.53 Å². The minimum Gasteiger partial charge on any atom is -0.465 e. The molecule has 3 heterocycles. The van der Waals surface area contributed by atoms with Gasteiger partial charge in [0.1, 0.15) is 6.54 Å². The summed E-state index contributed by atoms with van der Waals surface area (Å²) in [7, 11) is 1.56. The molecule has 4 rings (SSSR count). The number of esters is 1. The number of hydrogen-bond donors (Lipinski definition) is 0. The smallest absolute Gasteiger partial charge is 0.333 e. The summed E-state index contributed by atoms with van der Waals surface area (Å²) in [4.78, 5) is 44.9. The summed E-state index contributed by atoms with van der Waals surface area (Å²) in [6, 6.07) is 6.22. The van der Waals surface area contributed by atoms with E-state index >= 15 is 0 Å². The van der Waals surface area contributed by atoms with Gasteiger partial charge in [0.25, 0.3) is 5.56 Å². The second kappa shape index (κ2) is 7.72. The Kier molecular flexibility index (Phi) is 5.20. The molecule has 9 heteroatoms. The topological polar surface area (TPSA) is 91.4 Å². The third kappa shape index (κ3) is 3.43. The second-order valence-electron chi connectivity index (χ2n) is 8.22. The van der Waals surface area contributed by atoms with Crippen LogP contribution in [0.25, 0.3) is 11.2 Å². The number of anilines is 2. The van der Waals surface area contributed by atoms with Crippen LogP contribution in [-0.2, 0) is 29.7 Å². The van der Waals surface area contributed by atoms with Crippen molar-refractivity contribution in [3.63, 3.8) is 0 Å². The van der Waals surface area contributed by atoms with Crippen LogP contribution in [0.4, 0.5) is 11.6 Å². The largest absolute Gasteiger partial charge is 0.465 e. The number of aryl methyl sites for hydroxylation is 3. The quantitative estimate of drug-likeness (QED) is 0.593. The van der Waals surface area contributed by atoms with Crippen LogP contribution in [0, 0.1) is 19.8 Å². The fourth-order valence-electron chi connectivity index (χ4n) is 4.09. The van der Waals surface area contributed by atoms with Crippen LogP contribution >= 0.6 is 0 Å². The Morgan fingerprint density at radius 3 is 2.61 bits per heavy atom. The van der Waals surface area contributed by atoms with Crippen LogP contribution in [-0.4, -0.2) is 37.8 Å². The highest BCUT2D eigenvalue weighted by atomic mass is 16.5.